The maximum atomic E-state index is 12.6. The van der Waals surface area contributed by atoms with Gasteiger partial charge in [-0.2, -0.15) is 0 Å². The molecular weight excluding hydrogens is 310 g/mol. The van der Waals surface area contributed by atoms with Gasteiger partial charge < -0.3 is 5.32 Å². The second-order valence-electron chi connectivity index (χ2n) is 6.30. The fourth-order valence-corrected chi connectivity index (χ4v) is 2.98. The minimum Gasteiger partial charge on any atom is -0.322 e. The molecule has 1 aromatic heterocycles. The summed E-state index contributed by atoms with van der Waals surface area (Å²) in [7, 11) is 0. The molecule has 1 heterocycles. The fraction of sp³-hybridized carbons (Fsp3) is 0.286. The molecule has 0 saturated heterocycles. The predicted molar refractivity (Wildman–Crippen MR) is 102 cm³/mol. The van der Waals surface area contributed by atoms with Crippen LogP contribution >= 0.6 is 0 Å². The summed E-state index contributed by atoms with van der Waals surface area (Å²) >= 11 is 0. The van der Waals surface area contributed by atoms with E-state index in [1.165, 1.54) is 5.56 Å². The number of benzene rings is 2. The second-order valence-corrected chi connectivity index (χ2v) is 6.30. The highest BCUT2D eigenvalue weighted by Crippen LogP contribution is 2.19. The lowest BCUT2D eigenvalue weighted by atomic mass is 10.1. The van der Waals surface area contributed by atoms with Gasteiger partial charge in [0.25, 0.3) is 5.91 Å². The first-order valence-corrected chi connectivity index (χ1v) is 8.70. The molecule has 1 N–H and O–H groups in total. The molecule has 0 saturated carbocycles. The Hall–Kier alpha value is -2.75. The van der Waals surface area contributed by atoms with Crippen molar-refractivity contribution in [3.05, 3.63) is 64.5 Å². The molecule has 0 aliphatic heterocycles. The molecule has 0 radical (unpaired) electrons. The van der Waals surface area contributed by atoms with Gasteiger partial charge in [0.2, 0.25) is 0 Å². The smallest absolute Gasteiger partial charge is 0.255 e. The molecule has 2 aromatic carbocycles. The van der Waals surface area contributed by atoms with Gasteiger partial charge in [-0.05, 0) is 56.5 Å². The van der Waals surface area contributed by atoms with Gasteiger partial charge in [-0.15, -0.1) is 0 Å². The van der Waals surface area contributed by atoms with Gasteiger partial charge in [0.1, 0.15) is 0 Å². The summed E-state index contributed by atoms with van der Waals surface area (Å²) in [6.45, 7) is 8.19. The Bertz CT molecular complexity index is 947. The quantitative estimate of drug-likeness (QED) is 0.758. The van der Waals surface area contributed by atoms with Crippen molar-refractivity contribution >= 4 is 22.6 Å². The zero-order chi connectivity index (χ0) is 18.0. The Kier molecular flexibility index (Phi) is 4.79. The number of aromatic nitrogens is 2. The molecule has 0 unspecified atom stereocenters. The number of carbonyl (C=O) groups is 1. The number of aryl methyl sites for hydroxylation is 4. The van der Waals surface area contributed by atoms with E-state index in [2.05, 4.69) is 30.2 Å². The number of amides is 1. The van der Waals surface area contributed by atoms with E-state index < -0.39 is 0 Å². The van der Waals surface area contributed by atoms with Crippen LogP contribution in [0.1, 0.15) is 46.7 Å². The molecule has 0 aliphatic carbocycles. The van der Waals surface area contributed by atoms with Gasteiger partial charge in [0.05, 0.1) is 22.4 Å². The Labute approximate surface area is 148 Å². The van der Waals surface area contributed by atoms with E-state index in [0.29, 0.717) is 5.56 Å². The van der Waals surface area contributed by atoms with Crippen LogP contribution in [0, 0.1) is 13.8 Å². The van der Waals surface area contributed by atoms with Gasteiger partial charge in [-0.25, -0.2) is 9.97 Å². The number of hydrogen-bond acceptors (Lipinski definition) is 3. The molecule has 0 spiro atoms. The molecule has 25 heavy (non-hydrogen) atoms. The highest BCUT2D eigenvalue weighted by molar-refractivity contribution is 6.06. The van der Waals surface area contributed by atoms with Crippen LogP contribution in [-0.2, 0) is 12.8 Å². The lowest BCUT2D eigenvalue weighted by molar-refractivity contribution is 0.102. The van der Waals surface area contributed by atoms with Crippen molar-refractivity contribution in [1.29, 1.82) is 0 Å². The van der Waals surface area contributed by atoms with Gasteiger partial charge >= 0.3 is 0 Å². The zero-order valence-corrected chi connectivity index (χ0v) is 15.2. The lowest BCUT2D eigenvalue weighted by Gasteiger charge is -2.10. The molecule has 0 bridgehead atoms. The van der Waals surface area contributed by atoms with Crippen LogP contribution in [0.5, 0.6) is 0 Å². The molecule has 4 nitrogen and oxygen atoms in total. The van der Waals surface area contributed by atoms with Crippen molar-refractivity contribution in [3.8, 4) is 0 Å². The van der Waals surface area contributed by atoms with Crippen LogP contribution in [-0.4, -0.2) is 15.9 Å². The minimum absolute atomic E-state index is 0.131. The number of anilines is 1. The van der Waals surface area contributed by atoms with E-state index >= 15 is 0 Å². The van der Waals surface area contributed by atoms with E-state index in [4.69, 9.17) is 4.98 Å². The molecule has 4 heteroatoms. The van der Waals surface area contributed by atoms with Crippen LogP contribution in [0.2, 0.25) is 0 Å². The normalized spacial score (nSPS) is 10.9. The van der Waals surface area contributed by atoms with E-state index in [0.717, 1.165) is 46.5 Å². The van der Waals surface area contributed by atoms with Crippen LogP contribution in [0.3, 0.4) is 0 Å². The Balaban J connectivity index is 1.93. The second kappa shape index (κ2) is 7.01. The average molecular weight is 333 g/mol. The van der Waals surface area contributed by atoms with E-state index in [1.54, 1.807) is 6.07 Å². The SMILES string of the molecule is CCc1nc2ccc(C(=O)Nc3ccc(C)cc3C)cc2nc1CC. The first kappa shape index (κ1) is 17.1. The number of hydrogen-bond donors (Lipinski definition) is 1. The summed E-state index contributed by atoms with van der Waals surface area (Å²) in [4.78, 5) is 22.0. The standard InChI is InChI=1S/C21H23N3O/c1-5-16-17(6-2)23-20-12-15(8-10-19(20)22-16)21(25)24-18-9-7-13(3)11-14(18)4/h7-12H,5-6H2,1-4H3,(H,24,25). The van der Waals surface area contributed by atoms with Crippen molar-refractivity contribution in [1.82, 2.24) is 9.97 Å². The predicted octanol–water partition coefficient (Wildman–Crippen LogP) is 4.62. The van der Waals surface area contributed by atoms with Gasteiger partial charge in [0, 0.05) is 11.3 Å². The number of fused-ring (bicyclic) bond motifs is 1. The highest BCUT2D eigenvalue weighted by Gasteiger charge is 2.11. The van der Waals surface area contributed by atoms with E-state index in [-0.39, 0.29) is 5.91 Å². The summed E-state index contributed by atoms with van der Waals surface area (Å²) in [5, 5.41) is 2.98. The molecule has 3 rings (SSSR count). The average Bonchev–Trinajstić information content (AvgIpc) is 2.62. The maximum absolute atomic E-state index is 12.6. The first-order chi connectivity index (χ1) is 12.0. The van der Waals surface area contributed by atoms with Gasteiger partial charge in [-0.1, -0.05) is 31.5 Å². The third kappa shape index (κ3) is 3.53. The number of carbonyl (C=O) groups excluding carboxylic acids is 1. The summed E-state index contributed by atoms with van der Waals surface area (Å²) in [6.07, 6.45) is 1.70. The summed E-state index contributed by atoms with van der Waals surface area (Å²) in [5.41, 5.74) is 7.28. The van der Waals surface area contributed by atoms with E-state index in [1.807, 2.05) is 38.1 Å². The molecule has 3 aromatic rings. The summed E-state index contributed by atoms with van der Waals surface area (Å²) < 4.78 is 0. The molecule has 0 aliphatic rings. The number of nitrogens with one attached hydrogen (secondary N) is 1. The Morgan fingerprint density at radius 2 is 1.60 bits per heavy atom. The summed E-state index contributed by atoms with van der Waals surface area (Å²) in [5.74, 6) is -0.131. The lowest BCUT2D eigenvalue weighted by Crippen LogP contribution is -2.13. The van der Waals surface area contributed by atoms with Crippen LogP contribution in [0.25, 0.3) is 11.0 Å². The molecule has 1 amide bonds. The molecular formula is C21H23N3O. The fourth-order valence-electron chi connectivity index (χ4n) is 2.98. The zero-order valence-electron chi connectivity index (χ0n) is 15.2. The van der Waals surface area contributed by atoms with Gasteiger partial charge in [-0.3, -0.25) is 4.79 Å². The largest absolute Gasteiger partial charge is 0.322 e. The molecule has 0 fully saturated rings. The Morgan fingerprint density at radius 1 is 0.920 bits per heavy atom. The molecule has 128 valence electrons. The van der Waals surface area contributed by atoms with Gasteiger partial charge in [0.15, 0.2) is 0 Å². The van der Waals surface area contributed by atoms with Crippen molar-refractivity contribution in [2.75, 3.05) is 5.32 Å². The summed E-state index contributed by atoms with van der Waals surface area (Å²) in [6, 6.07) is 11.5. The first-order valence-electron chi connectivity index (χ1n) is 8.70. The van der Waals surface area contributed by atoms with Crippen molar-refractivity contribution in [3.63, 3.8) is 0 Å². The third-order valence-corrected chi connectivity index (χ3v) is 4.38. The highest BCUT2D eigenvalue weighted by atomic mass is 16.1. The number of rotatable bonds is 4. The van der Waals surface area contributed by atoms with Crippen LogP contribution in [0.4, 0.5) is 5.69 Å². The monoisotopic (exact) mass is 333 g/mol. The van der Waals surface area contributed by atoms with Crippen molar-refractivity contribution in [2.24, 2.45) is 0 Å². The van der Waals surface area contributed by atoms with Crippen LogP contribution in [0.15, 0.2) is 36.4 Å². The minimum atomic E-state index is -0.131. The molecule has 0 atom stereocenters. The third-order valence-electron chi connectivity index (χ3n) is 4.38. The Morgan fingerprint density at radius 3 is 2.24 bits per heavy atom. The van der Waals surface area contributed by atoms with E-state index in [9.17, 15) is 4.79 Å². The van der Waals surface area contributed by atoms with Crippen molar-refractivity contribution < 1.29 is 4.79 Å². The topological polar surface area (TPSA) is 54.9 Å². The maximum Gasteiger partial charge on any atom is 0.255 e. The van der Waals surface area contributed by atoms with Crippen molar-refractivity contribution in [2.45, 2.75) is 40.5 Å². The number of nitrogens with zero attached hydrogens (tertiary/aromatic N) is 2. The van der Waals surface area contributed by atoms with Crippen LogP contribution < -0.4 is 5.32 Å².